The van der Waals surface area contributed by atoms with Crippen molar-refractivity contribution in [2.24, 2.45) is 0 Å². The molecule has 3 aromatic rings. The minimum atomic E-state index is 0.519. The molecule has 0 bridgehead atoms. The summed E-state index contributed by atoms with van der Waals surface area (Å²) in [7, 11) is 0. The van der Waals surface area contributed by atoms with Crippen molar-refractivity contribution in [3.05, 3.63) is 46.2 Å². The summed E-state index contributed by atoms with van der Waals surface area (Å²) in [5.41, 5.74) is 5.29. The largest absolute Gasteiger partial charge is 0.322 e. The molecule has 0 spiro atoms. The molecule has 20 heavy (non-hydrogen) atoms. The molecule has 1 aromatic carbocycles. The Morgan fingerprint density at radius 3 is 3.00 bits per heavy atom. The Morgan fingerprint density at radius 2 is 2.30 bits per heavy atom. The Balaban J connectivity index is 2.14. The maximum Gasteiger partial charge on any atom is 0.111 e. The molecule has 6 heteroatoms. The lowest BCUT2D eigenvalue weighted by Crippen LogP contribution is -2.06. The van der Waals surface area contributed by atoms with Crippen molar-refractivity contribution >= 4 is 34.0 Å². The van der Waals surface area contributed by atoms with Gasteiger partial charge in [0.05, 0.1) is 40.4 Å². The van der Waals surface area contributed by atoms with Gasteiger partial charge in [0.15, 0.2) is 0 Å². The van der Waals surface area contributed by atoms with E-state index in [9.17, 15) is 0 Å². The summed E-state index contributed by atoms with van der Waals surface area (Å²) in [6, 6.07) is 7.70. The third-order valence-corrected chi connectivity index (χ3v) is 3.90. The summed E-state index contributed by atoms with van der Waals surface area (Å²) in [6.45, 7) is 0.654. The predicted octanol–water partition coefficient (Wildman–Crippen LogP) is 3.19. The molecule has 0 saturated carbocycles. The third kappa shape index (κ3) is 2.40. The molecule has 0 radical (unpaired) electrons. The molecule has 0 fully saturated rings. The van der Waals surface area contributed by atoms with Crippen LogP contribution < -0.4 is 0 Å². The molecule has 0 amide bonds. The van der Waals surface area contributed by atoms with E-state index in [-0.39, 0.29) is 0 Å². The van der Waals surface area contributed by atoms with Gasteiger partial charge >= 0.3 is 0 Å². The quantitative estimate of drug-likeness (QED) is 0.695. The molecular formula is C14H11ClN4S. The fourth-order valence-electron chi connectivity index (χ4n) is 2.17. The maximum atomic E-state index is 9.04. The summed E-state index contributed by atoms with van der Waals surface area (Å²) in [5, 5.41) is 11.1. The number of fused-ring (bicyclic) bond motifs is 1. The average Bonchev–Trinajstić information content (AvgIpc) is 3.08. The fourth-order valence-corrected chi connectivity index (χ4v) is 2.89. The Kier molecular flexibility index (Phi) is 3.68. The number of hydrogen-bond acceptors (Lipinski definition) is 4. The minimum absolute atomic E-state index is 0.519. The summed E-state index contributed by atoms with van der Waals surface area (Å²) in [4.78, 5) is 8.92. The zero-order valence-electron chi connectivity index (χ0n) is 10.6. The van der Waals surface area contributed by atoms with E-state index in [0.717, 1.165) is 22.6 Å². The first-order valence-electron chi connectivity index (χ1n) is 6.14. The van der Waals surface area contributed by atoms with Crippen molar-refractivity contribution < 1.29 is 0 Å². The zero-order chi connectivity index (χ0) is 13.9. The van der Waals surface area contributed by atoms with Gasteiger partial charge in [-0.15, -0.1) is 22.9 Å². The van der Waals surface area contributed by atoms with Crippen LogP contribution in [0.25, 0.3) is 11.0 Å². The lowest BCUT2D eigenvalue weighted by atomic mass is 10.2. The molecular weight excluding hydrogens is 292 g/mol. The summed E-state index contributed by atoms with van der Waals surface area (Å²) in [5.74, 6) is 1.45. The van der Waals surface area contributed by atoms with Crippen molar-refractivity contribution in [3.8, 4) is 6.07 Å². The third-order valence-electron chi connectivity index (χ3n) is 3.08. The van der Waals surface area contributed by atoms with Gasteiger partial charge in [-0.25, -0.2) is 9.97 Å². The van der Waals surface area contributed by atoms with Gasteiger partial charge in [0.25, 0.3) is 0 Å². The van der Waals surface area contributed by atoms with E-state index in [1.807, 2.05) is 23.0 Å². The smallest absolute Gasteiger partial charge is 0.111 e. The second kappa shape index (κ2) is 5.61. The second-order valence-corrected chi connectivity index (χ2v) is 5.44. The van der Waals surface area contributed by atoms with E-state index in [0.29, 0.717) is 24.4 Å². The van der Waals surface area contributed by atoms with Gasteiger partial charge in [-0.2, -0.15) is 5.26 Å². The van der Waals surface area contributed by atoms with Crippen LogP contribution in [0, 0.1) is 11.3 Å². The van der Waals surface area contributed by atoms with E-state index in [4.69, 9.17) is 16.9 Å². The Bertz CT molecular complexity index is 770. The Labute approximate surface area is 125 Å². The standard InChI is InChI=1S/C14H11ClN4S/c15-4-3-14-18-12-2-1-10(6-16)5-13(12)19(14)7-11-8-20-9-17-11/h1-2,5,8-9H,3-4,7H2. The Hall–Kier alpha value is -1.90. The van der Waals surface area contributed by atoms with E-state index in [1.54, 1.807) is 17.4 Å². The zero-order valence-corrected chi connectivity index (χ0v) is 12.2. The van der Waals surface area contributed by atoms with Gasteiger partial charge in [0, 0.05) is 17.7 Å². The number of imidazole rings is 1. The highest BCUT2D eigenvalue weighted by atomic mass is 35.5. The van der Waals surface area contributed by atoms with E-state index in [2.05, 4.69) is 20.6 Å². The molecule has 2 aromatic heterocycles. The molecule has 0 aliphatic carbocycles. The molecule has 0 N–H and O–H groups in total. The van der Waals surface area contributed by atoms with Crippen molar-refractivity contribution in [1.82, 2.24) is 14.5 Å². The van der Waals surface area contributed by atoms with E-state index in [1.165, 1.54) is 0 Å². The summed E-state index contributed by atoms with van der Waals surface area (Å²) < 4.78 is 2.09. The van der Waals surface area contributed by atoms with Crippen LogP contribution in [0.5, 0.6) is 0 Å². The number of rotatable bonds is 4. The molecule has 4 nitrogen and oxygen atoms in total. The second-order valence-electron chi connectivity index (χ2n) is 4.35. The number of thiazole rings is 1. The average molecular weight is 303 g/mol. The normalized spacial score (nSPS) is 10.8. The lowest BCUT2D eigenvalue weighted by molar-refractivity contribution is 0.741. The summed E-state index contributed by atoms with van der Waals surface area (Å²) >= 11 is 7.43. The van der Waals surface area contributed by atoms with E-state index >= 15 is 0 Å². The number of alkyl halides is 1. The number of hydrogen-bond donors (Lipinski definition) is 0. The van der Waals surface area contributed by atoms with Crippen LogP contribution in [0.2, 0.25) is 0 Å². The van der Waals surface area contributed by atoms with E-state index < -0.39 is 0 Å². The SMILES string of the molecule is N#Cc1ccc2nc(CCCl)n(Cc3cscn3)c2c1. The Morgan fingerprint density at radius 1 is 1.40 bits per heavy atom. The fraction of sp³-hybridized carbons (Fsp3) is 0.214. The van der Waals surface area contributed by atoms with Gasteiger partial charge in [0.1, 0.15) is 5.82 Å². The van der Waals surface area contributed by atoms with Crippen LogP contribution >= 0.6 is 22.9 Å². The van der Waals surface area contributed by atoms with Crippen LogP contribution in [0.1, 0.15) is 17.1 Å². The van der Waals surface area contributed by atoms with Crippen LogP contribution in [0.3, 0.4) is 0 Å². The van der Waals surface area contributed by atoms with Crippen molar-refractivity contribution in [1.29, 1.82) is 5.26 Å². The first kappa shape index (κ1) is 13.1. The van der Waals surface area contributed by atoms with Crippen molar-refractivity contribution in [3.63, 3.8) is 0 Å². The molecule has 0 saturated heterocycles. The molecule has 0 aliphatic heterocycles. The van der Waals surface area contributed by atoms with Gasteiger partial charge in [-0.3, -0.25) is 0 Å². The summed E-state index contributed by atoms with van der Waals surface area (Å²) in [6.07, 6.45) is 0.697. The van der Waals surface area contributed by atoms with Crippen LogP contribution in [0.15, 0.2) is 29.1 Å². The molecule has 100 valence electrons. The van der Waals surface area contributed by atoms with Crippen LogP contribution in [-0.4, -0.2) is 20.4 Å². The molecule has 2 heterocycles. The number of halogens is 1. The highest BCUT2D eigenvalue weighted by Gasteiger charge is 2.12. The van der Waals surface area contributed by atoms with Crippen LogP contribution in [-0.2, 0) is 13.0 Å². The van der Waals surface area contributed by atoms with Crippen molar-refractivity contribution in [2.75, 3.05) is 5.88 Å². The molecule has 0 aliphatic rings. The minimum Gasteiger partial charge on any atom is -0.322 e. The van der Waals surface area contributed by atoms with Gasteiger partial charge in [0.2, 0.25) is 0 Å². The highest BCUT2D eigenvalue weighted by molar-refractivity contribution is 7.07. The molecule has 0 unspecified atom stereocenters. The topological polar surface area (TPSA) is 54.5 Å². The van der Waals surface area contributed by atoms with Gasteiger partial charge < -0.3 is 4.57 Å². The number of aromatic nitrogens is 3. The van der Waals surface area contributed by atoms with Crippen molar-refractivity contribution in [2.45, 2.75) is 13.0 Å². The number of benzene rings is 1. The van der Waals surface area contributed by atoms with Gasteiger partial charge in [-0.1, -0.05) is 0 Å². The molecule has 0 atom stereocenters. The molecule has 3 rings (SSSR count). The first-order chi connectivity index (χ1) is 9.81. The number of aryl methyl sites for hydroxylation is 1. The number of nitrogens with zero attached hydrogens (tertiary/aromatic N) is 4. The first-order valence-corrected chi connectivity index (χ1v) is 7.62. The predicted molar refractivity (Wildman–Crippen MR) is 80.1 cm³/mol. The highest BCUT2D eigenvalue weighted by Crippen LogP contribution is 2.20. The lowest BCUT2D eigenvalue weighted by Gasteiger charge is -2.06. The van der Waals surface area contributed by atoms with Crippen LogP contribution in [0.4, 0.5) is 0 Å². The number of nitriles is 1. The maximum absolute atomic E-state index is 9.04. The van der Waals surface area contributed by atoms with Gasteiger partial charge in [-0.05, 0) is 18.2 Å². The monoisotopic (exact) mass is 302 g/mol.